The molecule has 20 heavy (non-hydrogen) atoms. The molecule has 1 aliphatic rings. The number of nitrogens with zero attached hydrogens (tertiary/aromatic N) is 1. The zero-order valence-corrected chi connectivity index (χ0v) is 12.5. The van der Waals surface area contributed by atoms with Crippen LogP contribution in [0.5, 0.6) is 5.75 Å². The summed E-state index contributed by atoms with van der Waals surface area (Å²) >= 11 is 1.71. The summed E-state index contributed by atoms with van der Waals surface area (Å²) in [6, 6.07) is 6.46. The van der Waals surface area contributed by atoms with Gasteiger partial charge in [-0.1, -0.05) is 13.0 Å². The summed E-state index contributed by atoms with van der Waals surface area (Å²) in [5.74, 6) is 0.372. The van der Waals surface area contributed by atoms with Crippen molar-refractivity contribution in [3.05, 3.63) is 45.9 Å². The first-order valence-electron chi connectivity index (χ1n) is 7.25. The fourth-order valence-electron chi connectivity index (χ4n) is 2.99. The van der Waals surface area contributed by atoms with Gasteiger partial charge in [0.05, 0.1) is 6.04 Å². The van der Waals surface area contributed by atoms with E-state index in [0.717, 1.165) is 19.3 Å². The molecule has 1 aliphatic carbocycles. The van der Waals surface area contributed by atoms with Crippen LogP contribution < -0.4 is 5.32 Å². The number of aromatic hydroxyl groups is 1. The van der Waals surface area contributed by atoms with Crippen molar-refractivity contribution in [2.24, 2.45) is 0 Å². The van der Waals surface area contributed by atoms with Gasteiger partial charge in [-0.05, 0) is 48.9 Å². The Balaban J connectivity index is 1.82. The van der Waals surface area contributed by atoms with Crippen LogP contribution in [0.2, 0.25) is 0 Å². The van der Waals surface area contributed by atoms with Gasteiger partial charge >= 0.3 is 0 Å². The lowest BCUT2D eigenvalue weighted by Crippen LogP contribution is -2.28. The van der Waals surface area contributed by atoms with E-state index in [0.29, 0.717) is 17.8 Å². The molecule has 1 aromatic heterocycles. The average molecular weight is 288 g/mol. The van der Waals surface area contributed by atoms with Gasteiger partial charge in [0.1, 0.15) is 10.8 Å². The first kappa shape index (κ1) is 13.6. The molecule has 0 bridgehead atoms. The largest absolute Gasteiger partial charge is 0.508 e. The number of nitrogens with one attached hydrogen (secondary N) is 1. The Morgan fingerprint density at radius 1 is 1.50 bits per heavy atom. The monoisotopic (exact) mass is 288 g/mol. The van der Waals surface area contributed by atoms with Gasteiger partial charge in [-0.2, -0.15) is 0 Å². The van der Waals surface area contributed by atoms with Crippen LogP contribution >= 0.6 is 11.3 Å². The Morgan fingerprint density at radius 3 is 3.15 bits per heavy atom. The molecule has 0 radical (unpaired) electrons. The molecule has 2 atom stereocenters. The third-order valence-electron chi connectivity index (χ3n) is 4.00. The molecule has 2 N–H and O–H groups in total. The Bertz CT molecular complexity index is 568. The van der Waals surface area contributed by atoms with Gasteiger partial charge in [-0.25, -0.2) is 4.98 Å². The van der Waals surface area contributed by atoms with E-state index in [9.17, 15) is 5.11 Å². The number of hydrogen-bond donors (Lipinski definition) is 2. The Hall–Kier alpha value is -1.39. The van der Waals surface area contributed by atoms with Crippen molar-refractivity contribution in [3.63, 3.8) is 0 Å². The van der Waals surface area contributed by atoms with Gasteiger partial charge < -0.3 is 10.4 Å². The molecule has 1 aromatic carbocycles. The van der Waals surface area contributed by atoms with Crippen LogP contribution in [0, 0.1) is 0 Å². The Kier molecular flexibility index (Phi) is 4.03. The molecule has 3 rings (SSSR count). The van der Waals surface area contributed by atoms with E-state index in [1.807, 2.05) is 17.6 Å². The van der Waals surface area contributed by atoms with Crippen molar-refractivity contribution >= 4 is 11.3 Å². The summed E-state index contributed by atoms with van der Waals surface area (Å²) in [4.78, 5) is 4.44. The van der Waals surface area contributed by atoms with Gasteiger partial charge in [0, 0.05) is 17.6 Å². The number of benzene rings is 1. The summed E-state index contributed by atoms with van der Waals surface area (Å²) in [7, 11) is 0. The normalized spacial score (nSPS) is 19.6. The van der Waals surface area contributed by atoms with Crippen molar-refractivity contribution in [1.29, 1.82) is 0 Å². The smallest absolute Gasteiger partial charge is 0.115 e. The number of aromatic nitrogens is 1. The SMILES string of the molecule is CCC(NC1CCCc2cc(O)ccc21)c1nccs1. The van der Waals surface area contributed by atoms with E-state index in [4.69, 9.17) is 0 Å². The summed E-state index contributed by atoms with van der Waals surface area (Å²) in [5, 5.41) is 16.6. The van der Waals surface area contributed by atoms with Crippen molar-refractivity contribution in [2.45, 2.75) is 44.7 Å². The third kappa shape index (κ3) is 2.72. The van der Waals surface area contributed by atoms with E-state index in [-0.39, 0.29) is 0 Å². The molecule has 0 fully saturated rings. The van der Waals surface area contributed by atoms with Crippen LogP contribution in [-0.4, -0.2) is 10.1 Å². The zero-order valence-electron chi connectivity index (χ0n) is 11.7. The van der Waals surface area contributed by atoms with Crippen molar-refractivity contribution in [1.82, 2.24) is 10.3 Å². The highest BCUT2D eigenvalue weighted by Gasteiger charge is 2.24. The lowest BCUT2D eigenvalue weighted by Gasteiger charge is -2.29. The fourth-order valence-corrected chi connectivity index (χ4v) is 3.77. The van der Waals surface area contributed by atoms with Gasteiger partial charge in [-0.15, -0.1) is 11.3 Å². The highest BCUT2D eigenvalue weighted by Crippen LogP contribution is 2.34. The van der Waals surface area contributed by atoms with E-state index in [2.05, 4.69) is 23.3 Å². The van der Waals surface area contributed by atoms with Gasteiger partial charge in [-0.3, -0.25) is 0 Å². The van der Waals surface area contributed by atoms with Crippen LogP contribution in [0.3, 0.4) is 0 Å². The van der Waals surface area contributed by atoms with Crippen molar-refractivity contribution < 1.29 is 5.11 Å². The number of hydrogen-bond acceptors (Lipinski definition) is 4. The maximum atomic E-state index is 9.62. The second-order valence-corrected chi connectivity index (χ2v) is 6.25. The summed E-state index contributed by atoms with van der Waals surface area (Å²) < 4.78 is 0. The molecule has 1 heterocycles. The van der Waals surface area contributed by atoms with Crippen LogP contribution in [0.15, 0.2) is 29.8 Å². The fraction of sp³-hybridized carbons (Fsp3) is 0.438. The molecular formula is C16H20N2OS. The molecule has 2 unspecified atom stereocenters. The number of thiazole rings is 1. The molecule has 2 aromatic rings. The van der Waals surface area contributed by atoms with E-state index >= 15 is 0 Å². The van der Waals surface area contributed by atoms with Crippen LogP contribution in [0.25, 0.3) is 0 Å². The lowest BCUT2D eigenvalue weighted by atomic mass is 9.87. The van der Waals surface area contributed by atoms with Crippen LogP contribution in [0.4, 0.5) is 0 Å². The first-order chi connectivity index (χ1) is 9.78. The Labute approximate surface area is 123 Å². The zero-order chi connectivity index (χ0) is 13.9. The molecule has 4 heteroatoms. The summed E-state index contributed by atoms with van der Waals surface area (Å²) in [6.07, 6.45) is 6.30. The molecule has 106 valence electrons. The van der Waals surface area contributed by atoms with Crippen LogP contribution in [-0.2, 0) is 6.42 Å². The first-order valence-corrected chi connectivity index (χ1v) is 8.13. The number of fused-ring (bicyclic) bond motifs is 1. The number of phenolic OH excluding ortho intramolecular Hbond substituents is 1. The predicted molar refractivity (Wildman–Crippen MR) is 82.1 cm³/mol. The molecule has 3 nitrogen and oxygen atoms in total. The third-order valence-corrected chi connectivity index (χ3v) is 4.89. The summed E-state index contributed by atoms with van der Waals surface area (Å²) in [6.45, 7) is 2.19. The maximum absolute atomic E-state index is 9.62. The minimum Gasteiger partial charge on any atom is -0.508 e. The van der Waals surface area contributed by atoms with Gasteiger partial charge in [0.2, 0.25) is 0 Å². The topological polar surface area (TPSA) is 45.1 Å². The van der Waals surface area contributed by atoms with Crippen molar-refractivity contribution in [2.75, 3.05) is 0 Å². The molecule has 0 aliphatic heterocycles. The highest BCUT2D eigenvalue weighted by atomic mass is 32.1. The van der Waals surface area contributed by atoms with Gasteiger partial charge in [0.15, 0.2) is 0 Å². The quantitative estimate of drug-likeness (QED) is 0.895. The minimum atomic E-state index is 0.319. The lowest BCUT2D eigenvalue weighted by molar-refractivity contribution is 0.391. The molecule has 0 spiro atoms. The molecule has 0 saturated heterocycles. The minimum absolute atomic E-state index is 0.319. The second-order valence-electron chi connectivity index (χ2n) is 5.33. The summed E-state index contributed by atoms with van der Waals surface area (Å²) in [5.41, 5.74) is 2.62. The van der Waals surface area contributed by atoms with E-state index < -0.39 is 0 Å². The average Bonchev–Trinajstić information content (AvgIpc) is 2.98. The van der Waals surface area contributed by atoms with E-state index in [1.165, 1.54) is 22.6 Å². The number of phenols is 1. The Morgan fingerprint density at radius 2 is 2.40 bits per heavy atom. The number of aryl methyl sites for hydroxylation is 1. The maximum Gasteiger partial charge on any atom is 0.115 e. The highest BCUT2D eigenvalue weighted by molar-refractivity contribution is 7.09. The second kappa shape index (κ2) is 5.94. The standard InChI is InChI=1S/C16H20N2OS/c1-2-14(16-17-8-9-20-16)18-15-5-3-4-11-10-12(19)6-7-13(11)15/h6-10,14-15,18-19H,2-5H2,1H3. The molecule has 0 amide bonds. The predicted octanol–water partition coefficient (Wildman–Crippen LogP) is 3.97. The van der Waals surface area contributed by atoms with E-state index in [1.54, 1.807) is 17.4 Å². The van der Waals surface area contributed by atoms with Crippen LogP contribution in [0.1, 0.15) is 54.4 Å². The van der Waals surface area contributed by atoms with Crippen molar-refractivity contribution in [3.8, 4) is 5.75 Å². The molecular weight excluding hydrogens is 268 g/mol. The molecule has 0 saturated carbocycles. The number of rotatable bonds is 4. The van der Waals surface area contributed by atoms with Gasteiger partial charge in [0.25, 0.3) is 0 Å².